The first-order valence-corrected chi connectivity index (χ1v) is 4.77. The van der Waals surface area contributed by atoms with Crippen molar-refractivity contribution in [1.29, 1.82) is 0 Å². The number of nitrogens with one attached hydrogen (secondary N) is 1. The second-order valence-electron chi connectivity index (χ2n) is 1.84. The van der Waals surface area contributed by atoms with Crippen LogP contribution in [0, 0.1) is 0 Å². The Bertz CT molecular complexity index is 116. The Morgan fingerprint density at radius 2 is 2.50 bits per heavy atom. The van der Waals surface area contributed by atoms with E-state index in [9.17, 15) is 4.79 Å². The van der Waals surface area contributed by atoms with Crippen LogP contribution in [0.4, 0.5) is 4.79 Å². The first kappa shape index (κ1) is 9.23. The van der Waals surface area contributed by atoms with Crippen molar-refractivity contribution in [3.63, 3.8) is 0 Å². The van der Waals surface area contributed by atoms with Gasteiger partial charge < -0.3 is 4.74 Å². The average Bonchev–Trinajstić information content (AvgIpc) is 1.89. The molecule has 1 N–H and O–H groups in total. The quantitative estimate of drug-likeness (QED) is 0.464. The second kappa shape index (κ2) is 6.35. The number of rotatable bonds is 4. The van der Waals surface area contributed by atoms with Gasteiger partial charge >= 0.3 is 6.09 Å². The molecule has 0 saturated heterocycles. The fraction of sp³-hybridized carbons (Fsp3) is 0.500. The van der Waals surface area contributed by atoms with Gasteiger partial charge in [-0.05, 0) is 12.6 Å². The lowest BCUT2D eigenvalue weighted by Gasteiger charge is -2.00. The maximum absolute atomic E-state index is 10.5. The van der Waals surface area contributed by atoms with E-state index in [2.05, 4.69) is 11.9 Å². The monoisotopic (exact) mass is 159 g/mol. The molecule has 0 heterocycles. The summed E-state index contributed by atoms with van der Waals surface area (Å²) in [4.78, 5) is 10.5. The number of alkyl carbamates (subject to hydrolysis) is 1. The molecule has 0 aromatic carbocycles. The second-order valence-corrected chi connectivity index (χ2v) is 2.84. The molecule has 0 fully saturated rings. The SMILES string of the molecule is C=CNC(=O)OCCC[SiH3]. The predicted octanol–water partition coefficient (Wildman–Crippen LogP) is 0.0299. The van der Waals surface area contributed by atoms with Gasteiger partial charge in [-0.15, -0.1) is 0 Å². The molecule has 0 aliphatic heterocycles. The molecule has 0 spiro atoms. The van der Waals surface area contributed by atoms with Gasteiger partial charge in [-0.3, -0.25) is 5.32 Å². The van der Waals surface area contributed by atoms with Crippen LogP contribution in [0.5, 0.6) is 0 Å². The van der Waals surface area contributed by atoms with Crippen molar-refractivity contribution in [2.75, 3.05) is 6.61 Å². The molecule has 0 aromatic rings. The van der Waals surface area contributed by atoms with E-state index < -0.39 is 6.09 Å². The van der Waals surface area contributed by atoms with Gasteiger partial charge in [-0.1, -0.05) is 12.6 Å². The smallest absolute Gasteiger partial charge is 0.411 e. The molecule has 0 radical (unpaired) electrons. The summed E-state index contributed by atoms with van der Waals surface area (Å²) in [6.07, 6.45) is 1.87. The number of ether oxygens (including phenoxy) is 1. The van der Waals surface area contributed by atoms with E-state index >= 15 is 0 Å². The van der Waals surface area contributed by atoms with E-state index in [4.69, 9.17) is 4.74 Å². The predicted molar refractivity (Wildman–Crippen MR) is 44.0 cm³/mol. The molecule has 0 unspecified atom stereocenters. The zero-order chi connectivity index (χ0) is 7.82. The van der Waals surface area contributed by atoms with Crippen LogP contribution in [0.3, 0.4) is 0 Å². The summed E-state index contributed by atoms with van der Waals surface area (Å²) >= 11 is 0. The van der Waals surface area contributed by atoms with Crippen molar-refractivity contribution >= 4 is 16.3 Å². The summed E-state index contributed by atoms with van der Waals surface area (Å²) in [5.41, 5.74) is 0. The summed E-state index contributed by atoms with van der Waals surface area (Å²) in [6.45, 7) is 3.84. The fourth-order valence-corrected chi connectivity index (χ4v) is 0.723. The molecule has 0 aromatic heterocycles. The summed E-state index contributed by atoms with van der Waals surface area (Å²) in [5.74, 6) is 0. The minimum absolute atomic E-state index is 0.412. The Balaban J connectivity index is 3.13. The first-order chi connectivity index (χ1) is 4.81. The van der Waals surface area contributed by atoms with Gasteiger partial charge in [0, 0.05) is 10.2 Å². The molecular formula is C6H13NO2Si. The molecule has 0 saturated carbocycles. The third-order valence-electron chi connectivity index (χ3n) is 0.951. The van der Waals surface area contributed by atoms with Gasteiger partial charge in [0.15, 0.2) is 0 Å². The number of amides is 1. The highest BCUT2D eigenvalue weighted by molar-refractivity contribution is 6.08. The number of carbonyl (C=O) groups excluding carboxylic acids is 1. The number of carbonyl (C=O) groups is 1. The van der Waals surface area contributed by atoms with Crippen molar-refractivity contribution in [2.45, 2.75) is 12.5 Å². The third-order valence-corrected chi connectivity index (χ3v) is 1.66. The van der Waals surface area contributed by atoms with E-state index in [1.54, 1.807) is 0 Å². The molecule has 0 atom stereocenters. The molecular weight excluding hydrogens is 146 g/mol. The van der Waals surface area contributed by atoms with Crippen molar-refractivity contribution in [2.24, 2.45) is 0 Å². The summed E-state index contributed by atoms with van der Waals surface area (Å²) < 4.78 is 4.72. The Hall–Kier alpha value is -0.773. The third kappa shape index (κ3) is 5.37. The Morgan fingerprint density at radius 1 is 1.80 bits per heavy atom. The molecule has 0 bridgehead atoms. The highest BCUT2D eigenvalue weighted by atomic mass is 28.1. The topological polar surface area (TPSA) is 38.3 Å². The zero-order valence-electron chi connectivity index (χ0n) is 6.22. The maximum Gasteiger partial charge on any atom is 0.411 e. The summed E-state index contributed by atoms with van der Waals surface area (Å²) in [5, 5.41) is 2.32. The Labute approximate surface area is 63.9 Å². The zero-order valence-corrected chi connectivity index (χ0v) is 8.22. The van der Waals surface area contributed by atoms with Crippen LogP contribution in [0.2, 0.25) is 6.04 Å². The van der Waals surface area contributed by atoms with Gasteiger partial charge in [0.1, 0.15) is 0 Å². The van der Waals surface area contributed by atoms with E-state index in [-0.39, 0.29) is 0 Å². The lowest BCUT2D eigenvalue weighted by Crippen LogP contribution is -2.18. The first-order valence-electron chi connectivity index (χ1n) is 3.35. The van der Waals surface area contributed by atoms with Crippen molar-refractivity contribution in [3.8, 4) is 0 Å². The minimum Gasteiger partial charge on any atom is -0.449 e. The van der Waals surface area contributed by atoms with E-state index in [0.29, 0.717) is 6.61 Å². The standard InChI is InChI=1S/C6H13NO2Si/c1-2-7-6(8)9-4-3-5-10/h2H,1,3-5H2,10H3,(H,7,8). The van der Waals surface area contributed by atoms with Gasteiger partial charge in [0.2, 0.25) is 0 Å². The van der Waals surface area contributed by atoms with Gasteiger partial charge in [-0.2, -0.15) is 0 Å². The summed E-state index contributed by atoms with van der Waals surface area (Å²) in [6, 6.07) is 1.17. The van der Waals surface area contributed by atoms with Crippen LogP contribution < -0.4 is 5.32 Å². The number of hydrogen-bond acceptors (Lipinski definition) is 2. The number of hydrogen-bond donors (Lipinski definition) is 1. The Kier molecular flexibility index (Phi) is 5.86. The molecule has 0 aliphatic rings. The van der Waals surface area contributed by atoms with E-state index in [1.807, 2.05) is 0 Å². The van der Waals surface area contributed by atoms with Gasteiger partial charge in [-0.25, -0.2) is 4.79 Å². The fourth-order valence-electron chi connectivity index (χ4n) is 0.434. The normalized spacial score (nSPS) is 8.80. The lowest BCUT2D eigenvalue weighted by molar-refractivity contribution is 0.150. The van der Waals surface area contributed by atoms with Crippen LogP contribution in [0.25, 0.3) is 0 Å². The van der Waals surface area contributed by atoms with Crippen LogP contribution in [0.1, 0.15) is 6.42 Å². The molecule has 1 amide bonds. The minimum atomic E-state index is -0.412. The molecule has 0 rings (SSSR count). The van der Waals surface area contributed by atoms with Gasteiger partial charge in [0.25, 0.3) is 0 Å². The molecule has 0 aliphatic carbocycles. The molecule has 4 heteroatoms. The van der Waals surface area contributed by atoms with Crippen LogP contribution in [-0.4, -0.2) is 22.9 Å². The average molecular weight is 159 g/mol. The largest absolute Gasteiger partial charge is 0.449 e. The van der Waals surface area contributed by atoms with Crippen molar-refractivity contribution in [1.82, 2.24) is 5.32 Å². The van der Waals surface area contributed by atoms with Crippen molar-refractivity contribution < 1.29 is 9.53 Å². The molecule has 10 heavy (non-hydrogen) atoms. The van der Waals surface area contributed by atoms with Crippen LogP contribution in [0.15, 0.2) is 12.8 Å². The van der Waals surface area contributed by atoms with Gasteiger partial charge in [0.05, 0.1) is 6.61 Å². The maximum atomic E-state index is 10.5. The summed E-state index contributed by atoms with van der Waals surface area (Å²) in [7, 11) is 1.17. The van der Waals surface area contributed by atoms with Crippen LogP contribution >= 0.6 is 0 Å². The Morgan fingerprint density at radius 3 is 3.00 bits per heavy atom. The highest BCUT2D eigenvalue weighted by Gasteiger charge is 1.94. The van der Waals surface area contributed by atoms with E-state index in [0.717, 1.165) is 6.42 Å². The molecule has 58 valence electrons. The lowest BCUT2D eigenvalue weighted by atomic mass is 10.5. The van der Waals surface area contributed by atoms with E-state index in [1.165, 1.54) is 22.5 Å². The van der Waals surface area contributed by atoms with Crippen molar-refractivity contribution in [3.05, 3.63) is 12.8 Å². The van der Waals surface area contributed by atoms with Crippen LogP contribution in [-0.2, 0) is 4.74 Å². The highest BCUT2D eigenvalue weighted by Crippen LogP contribution is 1.86. The molecule has 3 nitrogen and oxygen atoms in total.